The van der Waals surface area contributed by atoms with Crippen LogP contribution in [0.3, 0.4) is 0 Å². The molecule has 0 spiro atoms. The highest BCUT2D eigenvalue weighted by atomic mass is 32.2. The Morgan fingerprint density at radius 3 is 1.74 bits per heavy atom. The van der Waals surface area contributed by atoms with Crippen LogP contribution in [0.5, 0.6) is 0 Å². The lowest BCUT2D eigenvalue weighted by Gasteiger charge is -2.54. The lowest BCUT2D eigenvalue weighted by molar-refractivity contribution is -0.0422. The van der Waals surface area contributed by atoms with Crippen molar-refractivity contribution in [1.82, 2.24) is 0 Å². The van der Waals surface area contributed by atoms with Crippen LogP contribution in [0.25, 0.3) is 0 Å². The molecule has 8 rings (SSSR count). The van der Waals surface area contributed by atoms with E-state index in [1.165, 1.54) is 37.7 Å². The van der Waals surface area contributed by atoms with Gasteiger partial charge < -0.3 is 0 Å². The molecule has 0 saturated heterocycles. The van der Waals surface area contributed by atoms with E-state index < -0.39 is 14.6 Å². The summed E-state index contributed by atoms with van der Waals surface area (Å²) in [7, 11) is -3.60. The largest absolute Gasteiger partial charge is 0.223 e. The van der Waals surface area contributed by atoms with Crippen LogP contribution < -0.4 is 0 Å². The van der Waals surface area contributed by atoms with Crippen LogP contribution in [0, 0.1) is 35.5 Å². The summed E-state index contributed by atoms with van der Waals surface area (Å²) in [5, 5.41) is 0. The van der Waals surface area contributed by atoms with Gasteiger partial charge in [-0.1, -0.05) is 78.9 Å². The van der Waals surface area contributed by atoms with Crippen LogP contribution in [-0.4, -0.2) is 8.42 Å². The van der Waals surface area contributed by atoms with Crippen LogP contribution in [0.2, 0.25) is 0 Å². The van der Waals surface area contributed by atoms with Gasteiger partial charge in [0.15, 0.2) is 9.84 Å². The van der Waals surface area contributed by atoms with Crippen molar-refractivity contribution in [2.24, 2.45) is 35.5 Å². The summed E-state index contributed by atoms with van der Waals surface area (Å²) >= 11 is 0. The molecule has 0 N–H and O–H groups in total. The van der Waals surface area contributed by atoms with Gasteiger partial charge >= 0.3 is 0 Å². The van der Waals surface area contributed by atoms with Gasteiger partial charge in [0.25, 0.3) is 0 Å². The minimum atomic E-state index is -3.60. The summed E-state index contributed by atoms with van der Waals surface area (Å²) in [6.07, 6.45) is 8.00. The number of benzene rings is 3. The number of hydrogen-bond acceptors (Lipinski definition) is 2. The first-order chi connectivity index (χ1) is 17.1. The molecule has 0 aromatic heterocycles. The first-order valence-corrected chi connectivity index (χ1v) is 15.0. The number of hydrogen-bond donors (Lipinski definition) is 0. The molecule has 35 heavy (non-hydrogen) atoms. The van der Waals surface area contributed by atoms with Gasteiger partial charge in [-0.25, -0.2) is 8.42 Å². The molecule has 3 heteroatoms. The average Bonchev–Trinajstić information content (AvgIpc) is 3.57. The molecule has 0 unspecified atom stereocenters. The molecule has 0 amide bonds. The molecule has 0 radical (unpaired) electrons. The predicted molar refractivity (Wildman–Crippen MR) is 140 cm³/mol. The third-order valence-corrected chi connectivity index (χ3v) is 12.7. The first kappa shape index (κ1) is 21.9. The van der Waals surface area contributed by atoms with Gasteiger partial charge in [0.2, 0.25) is 0 Å². The van der Waals surface area contributed by atoms with E-state index in [0.717, 1.165) is 35.7 Å². The monoisotopic (exact) mass is 482 g/mol. The lowest BCUT2D eigenvalue weighted by Crippen LogP contribution is -2.45. The Labute approximate surface area is 209 Å². The molecule has 5 saturated carbocycles. The zero-order valence-electron chi connectivity index (χ0n) is 20.2. The third-order valence-electron chi connectivity index (χ3n) is 10.1. The van der Waals surface area contributed by atoms with E-state index >= 15 is 0 Å². The second-order valence-corrected chi connectivity index (χ2v) is 14.0. The SMILES string of the molecule is O=S(=O)(c1ccccc1)[C@@]1(c2ccccc2)[C@@H](CC2C3CC4CC(C3)CC2C4)[C@@H]1c1ccccc1. The van der Waals surface area contributed by atoms with Gasteiger partial charge in [0, 0.05) is 5.92 Å². The van der Waals surface area contributed by atoms with E-state index in [0.29, 0.717) is 10.8 Å². The minimum Gasteiger partial charge on any atom is -0.223 e. The minimum absolute atomic E-state index is 0.00602. The standard InChI is InChI=1S/C32H34O2S/c33-35(34,28-14-8-3-9-15-28)32(27-12-6-2-7-13-27)30(31(32)24-10-4-1-5-11-24)21-29-25-17-22-16-23(19-25)20-26(29)18-22/h1-15,22-23,25-26,29-31H,16-21H2/t22?,23?,25?,26?,29?,30-,31-,32-/m0/s1. The van der Waals surface area contributed by atoms with Crippen LogP contribution in [-0.2, 0) is 14.6 Å². The van der Waals surface area contributed by atoms with E-state index in [9.17, 15) is 8.42 Å². The van der Waals surface area contributed by atoms with E-state index in [1.807, 2.05) is 42.5 Å². The van der Waals surface area contributed by atoms with Crippen molar-refractivity contribution >= 4 is 9.84 Å². The summed E-state index contributed by atoms with van der Waals surface area (Å²) in [6, 6.07) is 29.8. The zero-order valence-corrected chi connectivity index (χ0v) is 21.0. The van der Waals surface area contributed by atoms with Crippen LogP contribution in [0.15, 0.2) is 95.9 Å². The van der Waals surface area contributed by atoms with Crippen LogP contribution in [0.1, 0.15) is 55.6 Å². The normalized spacial score (nSPS) is 37.3. The Morgan fingerprint density at radius 2 is 1.17 bits per heavy atom. The molecular formula is C32H34O2S. The van der Waals surface area contributed by atoms with E-state index in [-0.39, 0.29) is 11.8 Å². The molecule has 4 bridgehead atoms. The molecule has 5 fully saturated rings. The van der Waals surface area contributed by atoms with E-state index in [2.05, 4.69) is 36.4 Å². The smallest absolute Gasteiger partial charge is 0.189 e. The molecule has 180 valence electrons. The molecule has 5 aliphatic rings. The summed E-state index contributed by atoms with van der Waals surface area (Å²) < 4.78 is 28.4. The van der Waals surface area contributed by atoms with Gasteiger partial charge in [-0.3, -0.25) is 0 Å². The van der Waals surface area contributed by atoms with Gasteiger partial charge in [-0.05, 0) is 97.3 Å². The molecule has 5 aliphatic carbocycles. The third kappa shape index (κ3) is 3.23. The van der Waals surface area contributed by atoms with Crippen LogP contribution >= 0.6 is 0 Å². The fourth-order valence-corrected chi connectivity index (χ4v) is 11.6. The van der Waals surface area contributed by atoms with Gasteiger partial charge in [-0.15, -0.1) is 0 Å². The van der Waals surface area contributed by atoms with Crippen molar-refractivity contribution in [2.45, 2.75) is 54.1 Å². The Balaban J connectivity index is 1.36. The maximum absolute atomic E-state index is 14.7. The van der Waals surface area contributed by atoms with Gasteiger partial charge in [0.1, 0.15) is 4.75 Å². The molecular weight excluding hydrogens is 448 g/mol. The zero-order chi connectivity index (χ0) is 23.6. The molecule has 2 nitrogen and oxygen atoms in total. The molecule has 3 aromatic carbocycles. The summed E-state index contributed by atoms with van der Waals surface area (Å²) in [5.41, 5.74) is 2.14. The predicted octanol–water partition coefficient (Wildman–Crippen LogP) is 7.23. The second-order valence-electron chi connectivity index (χ2n) is 11.8. The molecule has 0 aliphatic heterocycles. The highest BCUT2D eigenvalue weighted by Gasteiger charge is 2.74. The second kappa shape index (κ2) is 8.06. The van der Waals surface area contributed by atoms with Crippen molar-refractivity contribution in [3.63, 3.8) is 0 Å². The lowest BCUT2D eigenvalue weighted by atomic mass is 9.51. The quantitative estimate of drug-likeness (QED) is 0.371. The number of sulfone groups is 1. The Kier molecular flexibility index (Phi) is 5.03. The fourth-order valence-electron chi connectivity index (χ4n) is 9.01. The Bertz CT molecular complexity index is 1270. The van der Waals surface area contributed by atoms with E-state index in [1.54, 1.807) is 12.1 Å². The fraction of sp³-hybridized carbons (Fsp3) is 0.438. The Morgan fingerprint density at radius 1 is 0.657 bits per heavy atom. The highest BCUT2D eigenvalue weighted by Crippen LogP contribution is 2.73. The summed E-state index contributed by atoms with van der Waals surface area (Å²) in [6.45, 7) is 0. The van der Waals surface area contributed by atoms with Crippen molar-refractivity contribution < 1.29 is 8.42 Å². The van der Waals surface area contributed by atoms with Gasteiger partial charge in [-0.2, -0.15) is 0 Å². The van der Waals surface area contributed by atoms with E-state index in [4.69, 9.17) is 0 Å². The summed E-state index contributed by atoms with van der Waals surface area (Å²) in [5.74, 6) is 4.26. The average molecular weight is 483 g/mol. The maximum atomic E-state index is 14.7. The van der Waals surface area contributed by atoms with Crippen molar-refractivity contribution in [1.29, 1.82) is 0 Å². The van der Waals surface area contributed by atoms with Gasteiger partial charge in [0.05, 0.1) is 4.90 Å². The van der Waals surface area contributed by atoms with Crippen molar-refractivity contribution in [2.75, 3.05) is 0 Å². The Hall–Kier alpha value is -2.39. The molecule has 3 aromatic rings. The van der Waals surface area contributed by atoms with Crippen molar-refractivity contribution in [3.05, 3.63) is 102 Å². The molecule has 0 heterocycles. The van der Waals surface area contributed by atoms with Crippen LogP contribution in [0.4, 0.5) is 0 Å². The highest BCUT2D eigenvalue weighted by molar-refractivity contribution is 7.92. The summed E-state index contributed by atoms with van der Waals surface area (Å²) in [4.78, 5) is 0.456. The van der Waals surface area contributed by atoms with Crippen molar-refractivity contribution in [3.8, 4) is 0 Å². The maximum Gasteiger partial charge on any atom is 0.189 e. The topological polar surface area (TPSA) is 34.1 Å². The number of rotatable bonds is 6. The first-order valence-electron chi connectivity index (χ1n) is 13.5. The molecule has 3 atom stereocenters.